The van der Waals surface area contributed by atoms with Gasteiger partial charge in [0.05, 0.1) is 11.9 Å². The molecule has 4 rings (SSSR count). The maximum absolute atomic E-state index is 5.38. The molecule has 0 fully saturated rings. The number of pyridine rings is 1. The van der Waals surface area contributed by atoms with Crippen LogP contribution in [0, 0.1) is 0 Å². The van der Waals surface area contributed by atoms with Crippen molar-refractivity contribution in [1.82, 2.24) is 10.3 Å². The number of fused-ring (bicyclic) bond motifs is 1. The van der Waals surface area contributed by atoms with Gasteiger partial charge in [-0.2, -0.15) is 0 Å². The molecule has 0 bridgehead atoms. The number of nitrogens with zero attached hydrogens (tertiary/aromatic N) is 2. The smallest absolute Gasteiger partial charge is 0.171 e. The normalized spacial score (nSPS) is 13.0. The van der Waals surface area contributed by atoms with Gasteiger partial charge in [0.2, 0.25) is 0 Å². The molecular weight excluding hydrogens is 352 g/mol. The van der Waals surface area contributed by atoms with E-state index in [-0.39, 0.29) is 0 Å². The lowest BCUT2D eigenvalue weighted by Gasteiger charge is -2.30. The first kappa shape index (κ1) is 17.5. The van der Waals surface area contributed by atoms with Crippen LogP contribution in [0.5, 0.6) is 0 Å². The van der Waals surface area contributed by atoms with Crippen molar-refractivity contribution in [2.45, 2.75) is 19.4 Å². The number of benzene rings is 2. The molecule has 5 heteroatoms. The van der Waals surface area contributed by atoms with E-state index in [2.05, 4.69) is 56.9 Å². The van der Waals surface area contributed by atoms with Crippen LogP contribution >= 0.6 is 12.2 Å². The third kappa shape index (κ3) is 4.26. The maximum Gasteiger partial charge on any atom is 0.171 e. The summed E-state index contributed by atoms with van der Waals surface area (Å²) in [6, 6.07) is 22.8. The van der Waals surface area contributed by atoms with E-state index in [0.29, 0.717) is 11.7 Å². The molecule has 4 nitrogen and oxygen atoms in total. The first-order chi connectivity index (χ1) is 13.3. The summed E-state index contributed by atoms with van der Waals surface area (Å²) >= 11 is 5.38. The molecule has 27 heavy (non-hydrogen) atoms. The predicted molar refractivity (Wildman–Crippen MR) is 116 cm³/mol. The van der Waals surface area contributed by atoms with Gasteiger partial charge in [0.1, 0.15) is 5.82 Å². The Morgan fingerprint density at radius 1 is 1.00 bits per heavy atom. The van der Waals surface area contributed by atoms with Gasteiger partial charge in [-0.15, -0.1) is 0 Å². The fourth-order valence-corrected chi connectivity index (χ4v) is 3.53. The van der Waals surface area contributed by atoms with Gasteiger partial charge in [0.15, 0.2) is 5.11 Å². The number of aromatic nitrogens is 1. The highest BCUT2D eigenvalue weighted by molar-refractivity contribution is 7.80. The van der Waals surface area contributed by atoms with Crippen molar-refractivity contribution in [2.24, 2.45) is 0 Å². The van der Waals surface area contributed by atoms with Gasteiger partial charge >= 0.3 is 0 Å². The third-order valence-corrected chi connectivity index (χ3v) is 4.93. The van der Waals surface area contributed by atoms with Crippen molar-refractivity contribution in [2.75, 3.05) is 16.8 Å². The Kier molecular flexibility index (Phi) is 5.30. The second-order valence-corrected chi connectivity index (χ2v) is 6.99. The van der Waals surface area contributed by atoms with Gasteiger partial charge in [-0.05, 0) is 54.4 Å². The first-order valence-electron chi connectivity index (χ1n) is 9.20. The minimum Gasteiger partial charge on any atom is -0.358 e. The fraction of sp³-hybridized carbons (Fsp3) is 0.182. The van der Waals surface area contributed by atoms with E-state index in [1.54, 1.807) is 0 Å². The van der Waals surface area contributed by atoms with Crippen LogP contribution in [0.15, 0.2) is 72.9 Å². The summed E-state index contributed by atoms with van der Waals surface area (Å²) in [6.07, 6.45) is 4.11. The van der Waals surface area contributed by atoms with Crippen LogP contribution in [0.25, 0.3) is 0 Å². The molecule has 0 radical (unpaired) electrons. The van der Waals surface area contributed by atoms with Gasteiger partial charge in [0.25, 0.3) is 0 Å². The Morgan fingerprint density at radius 2 is 1.81 bits per heavy atom. The standard InChI is InChI=1S/C22H22N4S/c27-22(24-15-17-7-2-1-3-8-17)25-19-12-13-21(23-16-19)26-14-6-10-18-9-4-5-11-20(18)26/h1-5,7-9,11-13,16H,6,10,14-15H2,(H2,24,25,27). The molecule has 0 atom stereocenters. The molecule has 0 unspecified atom stereocenters. The molecule has 2 aromatic carbocycles. The van der Waals surface area contributed by atoms with Crippen molar-refractivity contribution < 1.29 is 0 Å². The molecule has 0 saturated heterocycles. The lowest BCUT2D eigenvalue weighted by molar-refractivity contribution is 0.760. The Morgan fingerprint density at radius 3 is 2.63 bits per heavy atom. The number of hydrogen-bond donors (Lipinski definition) is 2. The zero-order valence-corrected chi connectivity index (χ0v) is 15.9. The molecule has 1 aliphatic rings. The third-order valence-electron chi connectivity index (χ3n) is 4.69. The summed E-state index contributed by atoms with van der Waals surface area (Å²) in [5.41, 5.74) is 4.73. The highest BCUT2D eigenvalue weighted by atomic mass is 32.1. The minimum atomic E-state index is 0.594. The van der Waals surface area contributed by atoms with Crippen LogP contribution in [0.3, 0.4) is 0 Å². The molecule has 1 aliphatic heterocycles. The van der Waals surface area contributed by atoms with Crippen molar-refractivity contribution >= 4 is 34.5 Å². The van der Waals surface area contributed by atoms with E-state index < -0.39 is 0 Å². The number of thiocarbonyl (C=S) groups is 1. The van der Waals surface area contributed by atoms with E-state index in [9.17, 15) is 0 Å². The van der Waals surface area contributed by atoms with E-state index in [1.807, 2.05) is 36.5 Å². The van der Waals surface area contributed by atoms with Gasteiger partial charge < -0.3 is 15.5 Å². The molecule has 0 spiro atoms. The average Bonchev–Trinajstić information content (AvgIpc) is 2.73. The number of hydrogen-bond acceptors (Lipinski definition) is 3. The molecule has 2 N–H and O–H groups in total. The van der Waals surface area contributed by atoms with Crippen molar-refractivity contribution in [3.8, 4) is 0 Å². The zero-order chi connectivity index (χ0) is 18.5. The Labute approximate surface area is 165 Å². The largest absolute Gasteiger partial charge is 0.358 e. The zero-order valence-electron chi connectivity index (χ0n) is 15.1. The quantitative estimate of drug-likeness (QED) is 0.651. The van der Waals surface area contributed by atoms with Crippen LogP contribution in [-0.4, -0.2) is 16.6 Å². The molecule has 3 aromatic rings. The Hall–Kier alpha value is -2.92. The highest BCUT2D eigenvalue weighted by Crippen LogP contribution is 2.32. The van der Waals surface area contributed by atoms with Crippen LogP contribution in [0.4, 0.5) is 17.2 Å². The average molecular weight is 375 g/mol. The van der Waals surface area contributed by atoms with Gasteiger partial charge in [-0.1, -0.05) is 48.5 Å². The summed E-state index contributed by atoms with van der Waals surface area (Å²) in [5.74, 6) is 0.968. The highest BCUT2D eigenvalue weighted by Gasteiger charge is 2.18. The number of nitrogens with one attached hydrogen (secondary N) is 2. The SMILES string of the molecule is S=C(NCc1ccccc1)Nc1ccc(N2CCCc3ccccc32)nc1. The predicted octanol–water partition coefficient (Wildman–Crippen LogP) is 4.65. The number of aryl methyl sites for hydroxylation is 1. The topological polar surface area (TPSA) is 40.2 Å². The number of anilines is 3. The maximum atomic E-state index is 5.38. The molecule has 0 aliphatic carbocycles. The van der Waals surface area contributed by atoms with E-state index in [4.69, 9.17) is 12.2 Å². The van der Waals surface area contributed by atoms with E-state index >= 15 is 0 Å². The molecule has 136 valence electrons. The summed E-state index contributed by atoms with van der Waals surface area (Å²) in [4.78, 5) is 6.93. The van der Waals surface area contributed by atoms with Crippen molar-refractivity contribution in [3.63, 3.8) is 0 Å². The number of rotatable bonds is 4. The molecule has 0 saturated carbocycles. The Bertz CT molecular complexity index is 909. The van der Waals surface area contributed by atoms with E-state index in [1.165, 1.54) is 16.8 Å². The fourth-order valence-electron chi connectivity index (χ4n) is 3.34. The van der Waals surface area contributed by atoms with Gasteiger partial charge in [-0.3, -0.25) is 0 Å². The lowest BCUT2D eigenvalue weighted by Crippen LogP contribution is -2.28. The number of para-hydroxylation sites is 1. The Balaban J connectivity index is 1.39. The second kappa shape index (κ2) is 8.18. The monoisotopic (exact) mass is 374 g/mol. The second-order valence-electron chi connectivity index (χ2n) is 6.58. The first-order valence-corrected chi connectivity index (χ1v) is 9.61. The van der Waals surface area contributed by atoms with Crippen LogP contribution < -0.4 is 15.5 Å². The summed E-state index contributed by atoms with van der Waals surface area (Å²) in [6.45, 7) is 1.69. The molecule has 2 heterocycles. The van der Waals surface area contributed by atoms with Crippen LogP contribution in [-0.2, 0) is 13.0 Å². The van der Waals surface area contributed by atoms with Crippen molar-refractivity contribution in [1.29, 1.82) is 0 Å². The lowest BCUT2D eigenvalue weighted by atomic mass is 10.0. The minimum absolute atomic E-state index is 0.594. The van der Waals surface area contributed by atoms with Gasteiger partial charge in [0, 0.05) is 18.8 Å². The summed E-state index contributed by atoms with van der Waals surface area (Å²) < 4.78 is 0. The van der Waals surface area contributed by atoms with E-state index in [0.717, 1.165) is 30.9 Å². The molecule has 1 aromatic heterocycles. The van der Waals surface area contributed by atoms with Crippen LogP contribution in [0.2, 0.25) is 0 Å². The summed E-state index contributed by atoms with van der Waals surface area (Å²) in [7, 11) is 0. The molecular formula is C22H22N4S. The van der Waals surface area contributed by atoms with Crippen LogP contribution in [0.1, 0.15) is 17.5 Å². The van der Waals surface area contributed by atoms with Gasteiger partial charge in [-0.25, -0.2) is 4.98 Å². The summed E-state index contributed by atoms with van der Waals surface area (Å²) in [5, 5.41) is 7.02. The molecule has 0 amide bonds. The van der Waals surface area contributed by atoms with Crippen molar-refractivity contribution in [3.05, 3.63) is 84.1 Å².